The number of hydrogen-bond donors (Lipinski definition) is 2. The zero-order valence-corrected chi connectivity index (χ0v) is 7.32. The number of nitrogens with zero attached hydrogens (tertiary/aromatic N) is 1. The third-order valence-electron chi connectivity index (χ3n) is 2.27. The van der Waals surface area contributed by atoms with Gasteiger partial charge >= 0.3 is 0 Å². The molecule has 0 unspecified atom stereocenters. The van der Waals surface area contributed by atoms with E-state index < -0.39 is 0 Å². The van der Waals surface area contributed by atoms with E-state index in [9.17, 15) is 0 Å². The summed E-state index contributed by atoms with van der Waals surface area (Å²) in [6, 6.07) is 5.73. The van der Waals surface area contributed by atoms with Crippen LogP contribution >= 0.6 is 0 Å². The molecule has 0 saturated heterocycles. The molecule has 0 fully saturated rings. The normalized spacial score (nSPS) is 11.5. The molecule has 70 valence electrons. The van der Waals surface area contributed by atoms with E-state index in [1.165, 1.54) is 0 Å². The Labute approximate surface area is 79.2 Å². The standard InChI is InChI=1S/C10H8N2O2/c13-5-9-12-10-6-3-4-11-7(6)1-2-8(10)14-9/h1-4,11,13H,5H2. The van der Waals surface area contributed by atoms with Crippen LogP contribution in [0.15, 0.2) is 28.8 Å². The second-order valence-corrected chi connectivity index (χ2v) is 3.12. The van der Waals surface area contributed by atoms with E-state index in [1.807, 2.05) is 24.4 Å². The van der Waals surface area contributed by atoms with Crippen molar-refractivity contribution in [3.63, 3.8) is 0 Å². The van der Waals surface area contributed by atoms with Gasteiger partial charge in [-0.1, -0.05) is 0 Å². The van der Waals surface area contributed by atoms with Gasteiger partial charge in [0.15, 0.2) is 5.58 Å². The average molecular weight is 188 g/mol. The molecule has 3 rings (SSSR count). The molecule has 2 aromatic heterocycles. The van der Waals surface area contributed by atoms with E-state index in [2.05, 4.69) is 9.97 Å². The first-order valence-corrected chi connectivity index (χ1v) is 4.35. The minimum absolute atomic E-state index is 0.166. The second kappa shape index (κ2) is 2.59. The topological polar surface area (TPSA) is 62.1 Å². The van der Waals surface area contributed by atoms with Crippen molar-refractivity contribution in [1.82, 2.24) is 9.97 Å². The second-order valence-electron chi connectivity index (χ2n) is 3.12. The highest BCUT2D eigenvalue weighted by atomic mass is 16.4. The molecule has 0 amide bonds. The van der Waals surface area contributed by atoms with Gasteiger partial charge in [0.25, 0.3) is 0 Å². The van der Waals surface area contributed by atoms with Gasteiger partial charge in [-0.3, -0.25) is 0 Å². The molecule has 1 aromatic carbocycles. The summed E-state index contributed by atoms with van der Waals surface area (Å²) >= 11 is 0. The fourth-order valence-electron chi connectivity index (χ4n) is 1.64. The van der Waals surface area contributed by atoms with Crippen molar-refractivity contribution in [3.05, 3.63) is 30.3 Å². The Bertz CT molecular complexity index is 594. The molecule has 0 aliphatic rings. The summed E-state index contributed by atoms with van der Waals surface area (Å²) in [6.07, 6.45) is 1.86. The molecule has 2 heterocycles. The van der Waals surface area contributed by atoms with Gasteiger partial charge in [-0.15, -0.1) is 0 Å². The highest BCUT2D eigenvalue weighted by Gasteiger charge is 2.08. The van der Waals surface area contributed by atoms with E-state index >= 15 is 0 Å². The minimum Gasteiger partial charge on any atom is -0.438 e. The quantitative estimate of drug-likeness (QED) is 0.612. The number of nitrogens with one attached hydrogen (secondary N) is 1. The molecule has 0 radical (unpaired) electrons. The Kier molecular flexibility index (Phi) is 1.40. The first-order valence-electron chi connectivity index (χ1n) is 4.35. The SMILES string of the molecule is OCc1nc2c(ccc3[nH]ccc32)o1. The van der Waals surface area contributed by atoms with Crippen molar-refractivity contribution >= 4 is 22.0 Å². The van der Waals surface area contributed by atoms with Crippen LogP contribution in [0.1, 0.15) is 5.89 Å². The van der Waals surface area contributed by atoms with Gasteiger partial charge in [-0.05, 0) is 18.2 Å². The number of hydrogen-bond acceptors (Lipinski definition) is 3. The van der Waals surface area contributed by atoms with Crippen molar-refractivity contribution in [1.29, 1.82) is 0 Å². The highest BCUT2D eigenvalue weighted by molar-refractivity contribution is 6.02. The lowest BCUT2D eigenvalue weighted by atomic mass is 10.2. The molecule has 0 saturated carbocycles. The Morgan fingerprint density at radius 3 is 3.14 bits per heavy atom. The zero-order valence-electron chi connectivity index (χ0n) is 7.32. The molecule has 0 aliphatic carbocycles. The number of rotatable bonds is 1. The number of aliphatic hydroxyl groups excluding tert-OH is 1. The minimum atomic E-state index is -0.166. The molecular weight excluding hydrogens is 180 g/mol. The van der Waals surface area contributed by atoms with Crippen LogP contribution in [0.25, 0.3) is 22.0 Å². The van der Waals surface area contributed by atoms with Crippen LogP contribution in [-0.4, -0.2) is 15.1 Å². The summed E-state index contributed by atoms with van der Waals surface area (Å²) in [6.45, 7) is -0.166. The van der Waals surface area contributed by atoms with E-state index in [0.29, 0.717) is 11.5 Å². The monoisotopic (exact) mass is 188 g/mol. The van der Waals surface area contributed by atoms with Crippen LogP contribution in [0.2, 0.25) is 0 Å². The molecule has 3 aromatic rings. The van der Waals surface area contributed by atoms with Crippen LogP contribution in [-0.2, 0) is 6.61 Å². The van der Waals surface area contributed by atoms with E-state index in [4.69, 9.17) is 9.52 Å². The van der Waals surface area contributed by atoms with Crippen molar-refractivity contribution in [2.75, 3.05) is 0 Å². The van der Waals surface area contributed by atoms with Gasteiger partial charge in [-0.25, -0.2) is 4.98 Å². The third kappa shape index (κ3) is 0.885. The first-order chi connectivity index (χ1) is 6.88. The van der Waals surface area contributed by atoms with Crippen molar-refractivity contribution in [3.8, 4) is 0 Å². The predicted molar refractivity (Wildman–Crippen MR) is 51.8 cm³/mol. The van der Waals surface area contributed by atoms with Gasteiger partial charge in [0.05, 0.1) is 0 Å². The number of oxazole rings is 1. The Hall–Kier alpha value is -1.81. The largest absolute Gasteiger partial charge is 0.438 e. The Balaban J connectivity index is 2.49. The number of H-pyrrole nitrogens is 1. The van der Waals surface area contributed by atoms with Crippen LogP contribution in [0.5, 0.6) is 0 Å². The lowest BCUT2D eigenvalue weighted by Gasteiger charge is -1.88. The molecule has 14 heavy (non-hydrogen) atoms. The van der Waals surface area contributed by atoms with Crippen LogP contribution in [0, 0.1) is 0 Å². The fraction of sp³-hybridized carbons (Fsp3) is 0.100. The van der Waals surface area contributed by atoms with Gasteiger partial charge < -0.3 is 14.5 Å². The molecule has 2 N–H and O–H groups in total. The Morgan fingerprint density at radius 1 is 1.36 bits per heavy atom. The molecular formula is C10H8N2O2. The summed E-state index contributed by atoms with van der Waals surface area (Å²) in [7, 11) is 0. The highest BCUT2D eigenvalue weighted by Crippen LogP contribution is 2.24. The maximum absolute atomic E-state index is 8.90. The number of aromatic nitrogens is 2. The maximum Gasteiger partial charge on any atom is 0.221 e. The molecule has 0 atom stereocenters. The van der Waals surface area contributed by atoms with Gasteiger partial charge in [0, 0.05) is 17.1 Å². The van der Waals surface area contributed by atoms with E-state index in [1.54, 1.807) is 0 Å². The maximum atomic E-state index is 8.90. The third-order valence-corrected chi connectivity index (χ3v) is 2.27. The number of aromatic amines is 1. The molecule has 4 heteroatoms. The smallest absolute Gasteiger partial charge is 0.221 e. The lowest BCUT2D eigenvalue weighted by Crippen LogP contribution is -1.79. The number of aliphatic hydroxyl groups is 1. The van der Waals surface area contributed by atoms with Gasteiger partial charge in [0.2, 0.25) is 5.89 Å². The van der Waals surface area contributed by atoms with Crippen molar-refractivity contribution in [2.24, 2.45) is 0 Å². The first kappa shape index (κ1) is 7.58. The number of fused-ring (bicyclic) bond motifs is 3. The zero-order chi connectivity index (χ0) is 9.54. The fourth-order valence-corrected chi connectivity index (χ4v) is 1.64. The summed E-state index contributed by atoms with van der Waals surface area (Å²) in [5, 5.41) is 9.92. The predicted octanol–water partition coefficient (Wildman–Crippen LogP) is 1.80. The number of benzene rings is 1. The average Bonchev–Trinajstić information content (AvgIpc) is 2.82. The van der Waals surface area contributed by atoms with E-state index in [-0.39, 0.29) is 6.61 Å². The van der Waals surface area contributed by atoms with E-state index in [0.717, 1.165) is 16.4 Å². The lowest BCUT2D eigenvalue weighted by molar-refractivity contribution is 0.244. The molecule has 4 nitrogen and oxygen atoms in total. The van der Waals surface area contributed by atoms with Crippen molar-refractivity contribution in [2.45, 2.75) is 6.61 Å². The Morgan fingerprint density at radius 2 is 2.29 bits per heavy atom. The van der Waals surface area contributed by atoms with Crippen molar-refractivity contribution < 1.29 is 9.52 Å². The molecule has 0 aliphatic heterocycles. The van der Waals surface area contributed by atoms with Crippen LogP contribution in [0.3, 0.4) is 0 Å². The summed E-state index contributed by atoms with van der Waals surface area (Å²) in [5.74, 6) is 0.355. The van der Waals surface area contributed by atoms with Crippen LogP contribution in [0.4, 0.5) is 0 Å². The summed E-state index contributed by atoms with van der Waals surface area (Å²) < 4.78 is 5.32. The van der Waals surface area contributed by atoms with Gasteiger partial charge in [0.1, 0.15) is 12.1 Å². The molecule has 0 bridgehead atoms. The van der Waals surface area contributed by atoms with Crippen LogP contribution < -0.4 is 0 Å². The van der Waals surface area contributed by atoms with Gasteiger partial charge in [-0.2, -0.15) is 0 Å². The summed E-state index contributed by atoms with van der Waals surface area (Å²) in [4.78, 5) is 7.29. The molecule has 0 spiro atoms. The summed E-state index contributed by atoms with van der Waals surface area (Å²) in [5.41, 5.74) is 2.53.